The van der Waals surface area contributed by atoms with Crippen molar-refractivity contribution in [3.63, 3.8) is 0 Å². The third-order valence-corrected chi connectivity index (χ3v) is 4.73. The number of hydrogen-bond acceptors (Lipinski definition) is 4. The van der Waals surface area contributed by atoms with Crippen molar-refractivity contribution in [2.45, 2.75) is 26.3 Å². The van der Waals surface area contributed by atoms with Crippen LogP contribution in [0.5, 0.6) is 5.75 Å². The summed E-state index contributed by atoms with van der Waals surface area (Å²) in [6.07, 6.45) is 0. The molecule has 1 aromatic heterocycles. The van der Waals surface area contributed by atoms with E-state index in [4.69, 9.17) is 9.15 Å². The van der Waals surface area contributed by atoms with E-state index >= 15 is 0 Å². The van der Waals surface area contributed by atoms with Crippen molar-refractivity contribution in [1.82, 2.24) is 10.2 Å². The molecular formula is C18H19BrN2O4. The quantitative estimate of drug-likeness (QED) is 0.771. The van der Waals surface area contributed by atoms with Crippen LogP contribution in [0.2, 0.25) is 0 Å². The van der Waals surface area contributed by atoms with E-state index in [-0.39, 0.29) is 19.1 Å². The van der Waals surface area contributed by atoms with Gasteiger partial charge >= 0.3 is 6.03 Å². The molecule has 3 amide bonds. The number of imide groups is 1. The molecule has 2 heterocycles. The summed E-state index contributed by atoms with van der Waals surface area (Å²) in [4.78, 5) is 26.3. The van der Waals surface area contributed by atoms with E-state index in [1.54, 1.807) is 19.9 Å². The van der Waals surface area contributed by atoms with E-state index in [1.165, 1.54) is 4.90 Å². The Morgan fingerprint density at radius 2 is 2.04 bits per heavy atom. The van der Waals surface area contributed by atoms with Crippen LogP contribution >= 0.6 is 15.9 Å². The van der Waals surface area contributed by atoms with Gasteiger partial charge in [-0.25, -0.2) is 4.79 Å². The Hall–Kier alpha value is -2.28. The minimum atomic E-state index is -1.12. The summed E-state index contributed by atoms with van der Waals surface area (Å²) in [5.41, 5.74) is -0.437. The van der Waals surface area contributed by atoms with Crippen molar-refractivity contribution in [3.05, 3.63) is 51.9 Å². The molecule has 1 aliphatic heterocycles. The van der Waals surface area contributed by atoms with Crippen molar-refractivity contribution in [2.75, 3.05) is 13.2 Å². The maximum Gasteiger partial charge on any atom is 0.325 e. The third-order valence-electron chi connectivity index (χ3n) is 4.23. The van der Waals surface area contributed by atoms with Gasteiger partial charge in [0.2, 0.25) is 0 Å². The summed E-state index contributed by atoms with van der Waals surface area (Å²) < 4.78 is 12.0. The van der Waals surface area contributed by atoms with E-state index in [1.807, 2.05) is 31.2 Å². The highest BCUT2D eigenvalue weighted by molar-refractivity contribution is 9.10. The average molecular weight is 407 g/mol. The zero-order chi connectivity index (χ0) is 18.2. The lowest BCUT2D eigenvalue weighted by Gasteiger charge is -2.21. The first-order valence-corrected chi connectivity index (χ1v) is 8.70. The van der Waals surface area contributed by atoms with Gasteiger partial charge in [-0.1, -0.05) is 22.0 Å². The standard InChI is InChI=1S/C18H19BrN2O4/c1-11-9-15(12(2)25-11)18(3)16(22)21(17(23)20-18)7-8-24-14-6-4-5-13(19)10-14/h4-6,9-10H,7-8H2,1-3H3,(H,20,23). The molecule has 1 saturated heterocycles. The van der Waals surface area contributed by atoms with E-state index in [0.717, 1.165) is 4.47 Å². The fourth-order valence-corrected chi connectivity index (χ4v) is 3.40. The number of ether oxygens (including phenoxy) is 1. The van der Waals surface area contributed by atoms with Crippen LogP contribution in [0.25, 0.3) is 0 Å². The number of hydrogen-bond donors (Lipinski definition) is 1. The predicted molar refractivity (Wildman–Crippen MR) is 95.4 cm³/mol. The molecule has 0 saturated carbocycles. The Balaban J connectivity index is 1.70. The van der Waals surface area contributed by atoms with Gasteiger partial charge in [0.05, 0.1) is 6.54 Å². The Labute approximate surface area is 154 Å². The third kappa shape index (κ3) is 3.28. The molecule has 1 atom stereocenters. The Morgan fingerprint density at radius 3 is 2.68 bits per heavy atom. The van der Waals surface area contributed by atoms with Crippen LogP contribution in [0.4, 0.5) is 4.79 Å². The first kappa shape index (κ1) is 17.5. The van der Waals surface area contributed by atoms with Crippen molar-refractivity contribution < 1.29 is 18.7 Å². The van der Waals surface area contributed by atoms with E-state index in [0.29, 0.717) is 22.8 Å². The first-order chi connectivity index (χ1) is 11.8. The van der Waals surface area contributed by atoms with E-state index in [2.05, 4.69) is 21.2 Å². The second-order valence-electron chi connectivity index (χ2n) is 6.14. The number of urea groups is 1. The molecule has 3 rings (SSSR count). The summed E-state index contributed by atoms with van der Waals surface area (Å²) in [5, 5.41) is 2.77. The fourth-order valence-electron chi connectivity index (χ4n) is 3.02. The lowest BCUT2D eigenvalue weighted by atomic mass is 9.92. The number of halogens is 1. The number of benzene rings is 1. The molecule has 6 nitrogen and oxygen atoms in total. The van der Waals surface area contributed by atoms with Gasteiger partial charge in [0.25, 0.3) is 5.91 Å². The van der Waals surface area contributed by atoms with Crippen molar-refractivity contribution >= 4 is 27.9 Å². The first-order valence-electron chi connectivity index (χ1n) is 7.91. The summed E-state index contributed by atoms with van der Waals surface area (Å²) in [7, 11) is 0. The van der Waals surface area contributed by atoms with Gasteiger partial charge in [-0.15, -0.1) is 0 Å². The number of furan rings is 1. The SMILES string of the molecule is Cc1cc(C2(C)NC(=O)N(CCOc3cccc(Br)c3)C2=O)c(C)o1. The number of carbonyl (C=O) groups excluding carboxylic acids is 2. The Morgan fingerprint density at radius 1 is 1.28 bits per heavy atom. The number of rotatable bonds is 5. The minimum absolute atomic E-state index is 0.169. The highest BCUT2D eigenvalue weighted by Gasteiger charge is 2.50. The lowest BCUT2D eigenvalue weighted by Crippen LogP contribution is -2.41. The molecule has 1 fully saturated rings. The average Bonchev–Trinajstić information content (AvgIpc) is 2.99. The van der Waals surface area contributed by atoms with E-state index < -0.39 is 11.6 Å². The highest BCUT2D eigenvalue weighted by atomic mass is 79.9. The molecule has 2 aromatic rings. The van der Waals surface area contributed by atoms with Crippen LogP contribution < -0.4 is 10.1 Å². The van der Waals surface area contributed by atoms with Crippen LogP contribution in [0.1, 0.15) is 24.0 Å². The van der Waals surface area contributed by atoms with Crippen LogP contribution in [-0.4, -0.2) is 30.0 Å². The molecule has 1 unspecified atom stereocenters. The Bertz CT molecular complexity index is 832. The van der Waals surface area contributed by atoms with Gasteiger partial charge in [-0.3, -0.25) is 9.69 Å². The summed E-state index contributed by atoms with van der Waals surface area (Å²) in [6.45, 7) is 5.67. The van der Waals surface area contributed by atoms with Crippen molar-refractivity contribution in [3.8, 4) is 5.75 Å². The molecule has 1 aliphatic rings. The molecule has 0 bridgehead atoms. The Kier molecular flexibility index (Phi) is 4.60. The van der Waals surface area contributed by atoms with Gasteiger partial charge in [0, 0.05) is 10.0 Å². The van der Waals surface area contributed by atoms with Crippen LogP contribution in [0.3, 0.4) is 0 Å². The molecular weight excluding hydrogens is 388 g/mol. The molecule has 132 valence electrons. The van der Waals surface area contributed by atoms with Crippen molar-refractivity contribution in [1.29, 1.82) is 0 Å². The van der Waals surface area contributed by atoms with Crippen LogP contribution in [0.15, 0.2) is 39.2 Å². The molecule has 1 N–H and O–H groups in total. The zero-order valence-electron chi connectivity index (χ0n) is 14.3. The number of aryl methyl sites for hydroxylation is 2. The second-order valence-corrected chi connectivity index (χ2v) is 7.06. The van der Waals surface area contributed by atoms with Crippen LogP contribution in [-0.2, 0) is 10.3 Å². The number of carbonyl (C=O) groups is 2. The van der Waals surface area contributed by atoms with Crippen LogP contribution in [0, 0.1) is 13.8 Å². The number of nitrogens with zero attached hydrogens (tertiary/aromatic N) is 1. The molecule has 0 spiro atoms. The predicted octanol–water partition coefficient (Wildman–Crippen LogP) is 3.50. The molecule has 0 radical (unpaired) electrons. The zero-order valence-corrected chi connectivity index (χ0v) is 15.8. The molecule has 25 heavy (non-hydrogen) atoms. The van der Waals surface area contributed by atoms with Crippen molar-refractivity contribution in [2.24, 2.45) is 0 Å². The fraction of sp³-hybridized carbons (Fsp3) is 0.333. The monoisotopic (exact) mass is 406 g/mol. The largest absolute Gasteiger partial charge is 0.492 e. The van der Waals surface area contributed by atoms with E-state index in [9.17, 15) is 9.59 Å². The summed E-state index contributed by atoms with van der Waals surface area (Å²) in [5.74, 6) is 1.69. The van der Waals surface area contributed by atoms with Gasteiger partial charge in [0.1, 0.15) is 29.4 Å². The topological polar surface area (TPSA) is 71.8 Å². The molecule has 0 aliphatic carbocycles. The minimum Gasteiger partial charge on any atom is -0.492 e. The second kappa shape index (κ2) is 6.55. The van der Waals surface area contributed by atoms with Gasteiger partial charge in [0.15, 0.2) is 0 Å². The smallest absolute Gasteiger partial charge is 0.325 e. The molecule has 7 heteroatoms. The normalized spacial score (nSPS) is 20.1. The van der Waals surface area contributed by atoms with Gasteiger partial charge < -0.3 is 14.5 Å². The highest BCUT2D eigenvalue weighted by Crippen LogP contribution is 2.32. The maximum absolute atomic E-state index is 12.8. The number of nitrogens with one attached hydrogen (secondary N) is 1. The van der Waals surface area contributed by atoms with Gasteiger partial charge in [-0.05, 0) is 45.0 Å². The number of amides is 3. The summed E-state index contributed by atoms with van der Waals surface area (Å²) in [6, 6.07) is 8.75. The van der Waals surface area contributed by atoms with Gasteiger partial charge in [-0.2, -0.15) is 0 Å². The molecule has 1 aromatic carbocycles. The lowest BCUT2D eigenvalue weighted by molar-refractivity contribution is -0.131. The summed E-state index contributed by atoms with van der Waals surface area (Å²) >= 11 is 3.37. The maximum atomic E-state index is 12.8.